The first-order valence-electron chi connectivity index (χ1n) is 12.1. The summed E-state index contributed by atoms with van der Waals surface area (Å²) in [5, 5.41) is 0. The van der Waals surface area contributed by atoms with Gasteiger partial charge >= 0.3 is 8.05 Å². The highest BCUT2D eigenvalue weighted by atomic mass is 32.2. The van der Waals surface area contributed by atoms with Crippen LogP contribution in [0.1, 0.15) is 103 Å². The van der Waals surface area contributed by atoms with Gasteiger partial charge in [-0.3, -0.25) is 0 Å². The summed E-state index contributed by atoms with van der Waals surface area (Å²) in [6, 6.07) is 0. The highest BCUT2D eigenvalue weighted by Crippen LogP contribution is 2.61. The van der Waals surface area contributed by atoms with Gasteiger partial charge in [0.15, 0.2) is 0 Å². The molecular weight excluding hydrogens is 402 g/mol. The summed E-state index contributed by atoms with van der Waals surface area (Å²) in [4.78, 5) is 0. The van der Waals surface area contributed by atoms with E-state index in [1.54, 1.807) is 0 Å². The van der Waals surface area contributed by atoms with Crippen molar-refractivity contribution in [3.8, 4) is 0 Å². The van der Waals surface area contributed by atoms with Crippen LogP contribution in [0.2, 0.25) is 0 Å². The predicted molar refractivity (Wildman–Crippen MR) is 123 cm³/mol. The molecule has 166 valence electrons. The minimum atomic E-state index is -3.54. The Kier molecular flexibility index (Phi) is 10.3. The average molecular weight is 442 g/mol. The van der Waals surface area contributed by atoms with Crippen molar-refractivity contribution in [1.29, 1.82) is 0 Å². The predicted octanol–water partition coefficient (Wildman–Crippen LogP) is 5.67. The van der Waals surface area contributed by atoms with E-state index in [1.165, 1.54) is 89.9 Å². The lowest BCUT2D eigenvalue weighted by atomic mass is 9.97. The number of unbranched alkanes of at least 4 members (excludes halogenated alkanes) is 1. The first-order valence-corrected chi connectivity index (χ1v) is 15.2. The van der Waals surface area contributed by atoms with Crippen LogP contribution in [0.4, 0.5) is 0 Å². The van der Waals surface area contributed by atoms with E-state index < -0.39 is 10.1 Å². The number of hydrogen-bond acceptors (Lipinski definition) is 4. The molecule has 7 heteroatoms. The molecule has 0 amide bonds. The maximum Gasteiger partial charge on any atom is 0.311 e. The van der Waals surface area contributed by atoms with Gasteiger partial charge in [-0.25, -0.2) is 8.42 Å². The molecule has 2 atom stereocenters. The standard InChI is InChI=1S/C22H40BO4PS/c23-27-29(24,25)17-8-7-16-26-19-10-9-15-22(18-19)28(20-11-3-1-4-12-20)21-13-5-2-6-14-21/h19-22H,1-18H2. The molecule has 0 aromatic carbocycles. The summed E-state index contributed by atoms with van der Waals surface area (Å²) < 4.78 is 32.8. The van der Waals surface area contributed by atoms with Crippen molar-refractivity contribution in [2.45, 2.75) is 126 Å². The zero-order valence-corrected chi connectivity index (χ0v) is 19.8. The summed E-state index contributed by atoms with van der Waals surface area (Å²) >= 11 is 0. The molecule has 3 rings (SSSR count). The van der Waals surface area contributed by atoms with Crippen molar-refractivity contribution in [2.75, 3.05) is 12.4 Å². The van der Waals surface area contributed by atoms with Crippen LogP contribution in [-0.4, -0.2) is 51.9 Å². The summed E-state index contributed by atoms with van der Waals surface area (Å²) in [7, 11) is 1.37. The van der Waals surface area contributed by atoms with Crippen LogP contribution >= 0.6 is 7.92 Å². The highest BCUT2D eigenvalue weighted by molar-refractivity contribution is 7.87. The quantitative estimate of drug-likeness (QED) is 0.249. The molecule has 0 saturated heterocycles. The molecule has 0 spiro atoms. The minimum absolute atomic E-state index is 0.0190. The van der Waals surface area contributed by atoms with E-state index in [0.717, 1.165) is 23.4 Å². The van der Waals surface area contributed by atoms with Crippen molar-refractivity contribution in [3.05, 3.63) is 0 Å². The Morgan fingerprint density at radius 1 is 0.759 bits per heavy atom. The molecule has 0 N–H and O–H groups in total. The number of hydrogen-bond donors (Lipinski definition) is 0. The summed E-state index contributed by atoms with van der Waals surface area (Å²) in [6.07, 6.45) is 21.5. The fraction of sp³-hybridized carbons (Fsp3) is 1.00. The number of ether oxygens (including phenoxy) is 1. The van der Waals surface area contributed by atoms with Gasteiger partial charge in [-0.15, -0.1) is 0 Å². The van der Waals surface area contributed by atoms with Crippen molar-refractivity contribution in [1.82, 2.24) is 0 Å². The lowest BCUT2D eigenvalue weighted by Crippen LogP contribution is -2.32. The molecule has 0 aromatic heterocycles. The first-order chi connectivity index (χ1) is 14.1. The van der Waals surface area contributed by atoms with Crippen molar-refractivity contribution in [3.63, 3.8) is 0 Å². The molecule has 0 aliphatic heterocycles. The normalized spacial score (nSPS) is 28.0. The average Bonchev–Trinajstić information content (AvgIpc) is 2.75. The second-order valence-corrected chi connectivity index (χ2v) is 14.2. The monoisotopic (exact) mass is 442 g/mol. The van der Waals surface area contributed by atoms with Crippen molar-refractivity contribution in [2.24, 2.45) is 0 Å². The lowest BCUT2D eigenvalue weighted by molar-refractivity contribution is 0.0280. The molecule has 0 aromatic rings. The van der Waals surface area contributed by atoms with E-state index in [9.17, 15) is 8.42 Å². The molecule has 3 fully saturated rings. The van der Waals surface area contributed by atoms with E-state index in [2.05, 4.69) is 4.10 Å². The van der Waals surface area contributed by atoms with Gasteiger partial charge < -0.3 is 8.84 Å². The Morgan fingerprint density at radius 2 is 1.34 bits per heavy atom. The highest BCUT2D eigenvalue weighted by Gasteiger charge is 2.38. The zero-order chi connectivity index (χ0) is 20.5. The smallest absolute Gasteiger partial charge is 0.311 e. The molecule has 4 nitrogen and oxygen atoms in total. The minimum Gasteiger partial charge on any atom is -0.378 e. The maximum absolute atomic E-state index is 11.3. The van der Waals surface area contributed by atoms with Gasteiger partial charge in [-0.05, 0) is 74.8 Å². The van der Waals surface area contributed by atoms with Crippen LogP contribution in [0.5, 0.6) is 0 Å². The Morgan fingerprint density at radius 3 is 1.93 bits per heavy atom. The van der Waals surface area contributed by atoms with Gasteiger partial charge in [0.2, 0.25) is 0 Å². The third-order valence-electron chi connectivity index (χ3n) is 7.30. The van der Waals surface area contributed by atoms with E-state index in [0.29, 0.717) is 19.1 Å². The van der Waals surface area contributed by atoms with Crippen LogP contribution in [0.3, 0.4) is 0 Å². The molecule has 3 aliphatic carbocycles. The maximum atomic E-state index is 11.3. The van der Waals surface area contributed by atoms with E-state index in [4.69, 9.17) is 12.8 Å². The third kappa shape index (κ3) is 7.77. The molecular formula is C22H40BO4PS. The van der Waals surface area contributed by atoms with Gasteiger partial charge in [-0.2, -0.15) is 0 Å². The van der Waals surface area contributed by atoms with Crippen molar-refractivity contribution < 1.29 is 17.3 Å². The van der Waals surface area contributed by atoms with Gasteiger partial charge in [0.05, 0.1) is 11.9 Å². The van der Waals surface area contributed by atoms with Crippen LogP contribution in [0.25, 0.3) is 0 Å². The van der Waals surface area contributed by atoms with Crippen LogP contribution in [0.15, 0.2) is 0 Å². The molecule has 3 aliphatic rings. The fourth-order valence-electron chi connectivity index (χ4n) is 5.87. The van der Waals surface area contributed by atoms with E-state index in [1.807, 2.05) is 0 Å². The number of rotatable bonds is 10. The SMILES string of the molecule is [B]OS(=O)(=O)CCCCOC1CCCC(P(C2CCCCC2)C2CCCCC2)C1. The Hall–Kier alpha value is 0.365. The summed E-state index contributed by atoms with van der Waals surface area (Å²) in [6.45, 7) is 0.655. The zero-order valence-electron chi connectivity index (χ0n) is 18.1. The molecule has 0 bridgehead atoms. The van der Waals surface area contributed by atoms with Crippen molar-refractivity contribution >= 4 is 26.1 Å². The molecule has 2 unspecified atom stereocenters. The van der Waals surface area contributed by atoms with Gasteiger partial charge in [0.1, 0.15) is 0 Å². The summed E-state index contributed by atoms with van der Waals surface area (Å²) in [5.74, 6) is -0.0190. The molecule has 29 heavy (non-hydrogen) atoms. The third-order valence-corrected chi connectivity index (χ3v) is 12.4. The van der Waals surface area contributed by atoms with Gasteiger partial charge in [0, 0.05) is 6.61 Å². The lowest BCUT2D eigenvalue weighted by Gasteiger charge is -2.45. The Labute approximate surface area is 181 Å². The first kappa shape index (κ1) is 24.0. The molecule has 2 radical (unpaired) electrons. The second-order valence-electron chi connectivity index (χ2n) is 9.41. The summed E-state index contributed by atoms with van der Waals surface area (Å²) in [5.41, 5.74) is 2.94. The van der Waals surface area contributed by atoms with Gasteiger partial charge in [0.25, 0.3) is 10.1 Å². The Balaban J connectivity index is 1.49. The fourth-order valence-corrected chi connectivity index (χ4v) is 11.2. The topological polar surface area (TPSA) is 52.6 Å². The second kappa shape index (κ2) is 12.4. The van der Waals surface area contributed by atoms with Crippen LogP contribution in [0, 0.1) is 0 Å². The van der Waals surface area contributed by atoms with Crippen LogP contribution in [-0.2, 0) is 19.0 Å². The molecule has 0 heterocycles. The largest absolute Gasteiger partial charge is 0.378 e. The van der Waals surface area contributed by atoms with Gasteiger partial charge in [-0.1, -0.05) is 52.9 Å². The van der Waals surface area contributed by atoms with Crippen LogP contribution < -0.4 is 0 Å². The van der Waals surface area contributed by atoms with E-state index >= 15 is 0 Å². The Bertz CT molecular complexity index is 543. The molecule has 3 saturated carbocycles. The van der Waals surface area contributed by atoms with E-state index in [-0.39, 0.29) is 13.7 Å².